The van der Waals surface area contributed by atoms with Crippen molar-refractivity contribution in [3.63, 3.8) is 0 Å². The van der Waals surface area contributed by atoms with Crippen LogP contribution >= 0.6 is 0 Å². The first-order valence-electron chi connectivity index (χ1n) is 11.3. The van der Waals surface area contributed by atoms with Gasteiger partial charge in [0.25, 0.3) is 5.91 Å². The number of hydrogen-bond acceptors (Lipinski definition) is 4. The highest BCUT2D eigenvalue weighted by Crippen LogP contribution is 2.23. The van der Waals surface area contributed by atoms with Gasteiger partial charge in [-0.25, -0.2) is 4.39 Å². The van der Waals surface area contributed by atoms with E-state index in [-0.39, 0.29) is 30.0 Å². The molecule has 0 saturated carbocycles. The van der Waals surface area contributed by atoms with Crippen LogP contribution in [0.2, 0.25) is 0 Å². The number of anilines is 2. The molecule has 4 rings (SSSR count). The van der Waals surface area contributed by atoms with Crippen molar-refractivity contribution in [2.45, 2.75) is 12.8 Å². The topological polar surface area (TPSA) is 87.7 Å². The molecule has 1 atom stereocenters. The monoisotopic (exact) mass is 475 g/mol. The molecule has 1 heterocycles. The maximum Gasteiger partial charge on any atom is 0.257 e. The average molecular weight is 476 g/mol. The zero-order chi connectivity index (χ0) is 24.8. The van der Waals surface area contributed by atoms with Gasteiger partial charge >= 0.3 is 0 Å². The average Bonchev–Trinajstić information content (AvgIpc) is 3.25. The largest absolute Gasteiger partial charge is 0.497 e. The number of likely N-dealkylation sites (tertiary alicyclic amines) is 1. The summed E-state index contributed by atoms with van der Waals surface area (Å²) >= 11 is 0. The second kappa shape index (κ2) is 10.8. The highest BCUT2D eigenvalue weighted by molar-refractivity contribution is 6.10. The number of nitrogens with zero attached hydrogens (tertiary/aromatic N) is 1. The Labute approximate surface area is 202 Å². The van der Waals surface area contributed by atoms with Crippen molar-refractivity contribution in [2.75, 3.05) is 30.8 Å². The summed E-state index contributed by atoms with van der Waals surface area (Å²) in [5.41, 5.74) is 2.20. The van der Waals surface area contributed by atoms with Gasteiger partial charge in [-0.2, -0.15) is 0 Å². The number of hydrogen-bond donors (Lipinski definition) is 2. The number of amides is 3. The zero-order valence-corrected chi connectivity index (χ0v) is 19.3. The zero-order valence-electron chi connectivity index (χ0n) is 19.3. The molecule has 3 aromatic carbocycles. The van der Waals surface area contributed by atoms with Gasteiger partial charge in [0.2, 0.25) is 11.8 Å². The van der Waals surface area contributed by atoms with Crippen molar-refractivity contribution < 1.29 is 23.5 Å². The molecule has 0 aromatic heterocycles. The van der Waals surface area contributed by atoms with Gasteiger partial charge < -0.3 is 20.3 Å². The van der Waals surface area contributed by atoms with Gasteiger partial charge in [0.1, 0.15) is 11.6 Å². The van der Waals surface area contributed by atoms with Crippen molar-refractivity contribution in [2.24, 2.45) is 5.92 Å². The minimum Gasteiger partial charge on any atom is -0.497 e. The number of carbonyl (C=O) groups is 3. The van der Waals surface area contributed by atoms with Gasteiger partial charge in [-0.1, -0.05) is 24.3 Å². The Morgan fingerprint density at radius 1 is 1.00 bits per heavy atom. The third-order valence-corrected chi connectivity index (χ3v) is 5.95. The van der Waals surface area contributed by atoms with E-state index in [1.54, 1.807) is 72.7 Å². The Kier molecular flexibility index (Phi) is 7.40. The number of carbonyl (C=O) groups excluding carboxylic acids is 3. The molecule has 0 bridgehead atoms. The molecule has 0 spiro atoms. The van der Waals surface area contributed by atoms with Gasteiger partial charge in [0.15, 0.2) is 0 Å². The first kappa shape index (κ1) is 23.9. The molecule has 180 valence electrons. The van der Waals surface area contributed by atoms with Crippen LogP contribution in [0.25, 0.3) is 0 Å². The number of nitrogens with one attached hydrogen (secondary N) is 2. The lowest BCUT2D eigenvalue weighted by Gasteiger charge is -2.17. The number of rotatable bonds is 8. The molecule has 2 N–H and O–H groups in total. The summed E-state index contributed by atoms with van der Waals surface area (Å²) in [4.78, 5) is 39.9. The normalized spacial score (nSPS) is 15.1. The molecule has 0 aliphatic carbocycles. The highest BCUT2D eigenvalue weighted by Gasteiger charge is 2.34. The van der Waals surface area contributed by atoms with Gasteiger partial charge in [0, 0.05) is 25.2 Å². The fourth-order valence-electron chi connectivity index (χ4n) is 3.98. The Balaban J connectivity index is 1.36. The summed E-state index contributed by atoms with van der Waals surface area (Å²) in [5.74, 6) is -0.929. The van der Waals surface area contributed by atoms with Crippen LogP contribution in [0.5, 0.6) is 5.75 Å². The quantitative estimate of drug-likeness (QED) is 0.513. The summed E-state index contributed by atoms with van der Waals surface area (Å²) in [6.07, 6.45) is 0.685. The molecular weight excluding hydrogens is 449 g/mol. The lowest BCUT2D eigenvalue weighted by atomic mass is 10.1. The summed E-state index contributed by atoms with van der Waals surface area (Å²) < 4.78 is 18.2. The van der Waals surface area contributed by atoms with Crippen molar-refractivity contribution in [3.05, 3.63) is 89.7 Å². The molecule has 35 heavy (non-hydrogen) atoms. The Morgan fingerprint density at radius 3 is 2.43 bits per heavy atom. The fraction of sp³-hybridized carbons (Fsp3) is 0.222. The van der Waals surface area contributed by atoms with E-state index in [4.69, 9.17) is 4.74 Å². The Bertz CT molecular complexity index is 1210. The van der Waals surface area contributed by atoms with Crippen LogP contribution in [0.15, 0.2) is 72.8 Å². The first-order valence-corrected chi connectivity index (χ1v) is 11.3. The van der Waals surface area contributed by atoms with Crippen molar-refractivity contribution >= 4 is 29.1 Å². The minimum absolute atomic E-state index is 0.0993. The number of methoxy groups -OCH3 is 1. The van der Waals surface area contributed by atoms with Crippen LogP contribution in [-0.2, 0) is 16.0 Å². The second-order valence-electron chi connectivity index (χ2n) is 8.33. The molecule has 8 heteroatoms. The Morgan fingerprint density at radius 2 is 1.71 bits per heavy atom. The third-order valence-electron chi connectivity index (χ3n) is 5.95. The molecular formula is C27H26FN3O4. The van der Waals surface area contributed by atoms with Crippen molar-refractivity contribution in [3.8, 4) is 5.75 Å². The van der Waals surface area contributed by atoms with E-state index in [0.717, 1.165) is 5.56 Å². The third kappa shape index (κ3) is 6.03. The van der Waals surface area contributed by atoms with E-state index in [1.807, 2.05) is 0 Å². The van der Waals surface area contributed by atoms with Crippen LogP contribution in [-0.4, -0.2) is 42.8 Å². The lowest BCUT2D eigenvalue weighted by Crippen LogP contribution is -2.30. The Hall–Kier alpha value is -4.20. The summed E-state index contributed by atoms with van der Waals surface area (Å²) in [6.45, 7) is 0.751. The lowest BCUT2D eigenvalue weighted by molar-refractivity contribution is -0.128. The highest BCUT2D eigenvalue weighted by atomic mass is 19.1. The standard InChI is InChI=1S/C27H26FN3O4/c1-35-22-12-10-21(11-13-22)29-27(34)23-4-2-3-5-24(23)30-26(33)19-16-25(32)31(17-19)15-14-18-6-8-20(28)9-7-18/h2-13,19H,14-17H2,1H3,(H,29,34)(H,30,33)/t19-/m1/s1. The van der Waals surface area contributed by atoms with E-state index >= 15 is 0 Å². The van der Waals surface area contributed by atoms with Crippen LogP contribution in [0.4, 0.5) is 15.8 Å². The maximum atomic E-state index is 13.1. The van der Waals surface area contributed by atoms with Crippen LogP contribution in [0, 0.1) is 11.7 Å². The molecule has 1 aliphatic rings. The first-order chi connectivity index (χ1) is 16.9. The van der Waals surface area contributed by atoms with Gasteiger partial charge in [0.05, 0.1) is 24.3 Å². The van der Waals surface area contributed by atoms with E-state index in [1.165, 1.54) is 12.1 Å². The second-order valence-corrected chi connectivity index (χ2v) is 8.33. The molecule has 7 nitrogen and oxygen atoms in total. The molecule has 1 fully saturated rings. The van der Waals surface area contributed by atoms with Crippen LogP contribution in [0.1, 0.15) is 22.3 Å². The van der Waals surface area contributed by atoms with Crippen molar-refractivity contribution in [1.82, 2.24) is 4.90 Å². The molecule has 0 radical (unpaired) electrons. The smallest absolute Gasteiger partial charge is 0.257 e. The molecule has 1 aliphatic heterocycles. The number of ether oxygens (including phenoxy) is 1. The molecule has 0 unspecified atom stereocenters. The van der Waals surface area contributed by atoms with E-state index < -0.39 is 5.92 Å². The van der Waals surface area contributed by atoms with Gasteiger partial charge in [-0.3, -0.25) is 14.4 Å². The SMILES string of the molecule is COc1ccc(NC(=O)c2ccccc2NC(=O)[C@@H]2CC(=O)N(CCc3ccc(F)cc3)C2)cc1. The summed E-state index contributed by atoms with van der Waals surface area (Å²) in [6, 6.07) is 19.8. The molecule has 3 aromatic rings. The number of halogens is 1. The number of para-hydroxylation sites is 1. The van der Waals surface area contributed by atoms with Crippen LogP contribution < -0.4 is 15.4 Å². The van der Waals surface area contributed by atoms with E-state index in [2.05, 4.69) is 10.6 Å². The van der Waals surface area contributed by atoms with Crippen LogP contribution in [0.3, 0.4) is 0 Å². The minimum atomic E-state index is -0.520. The van der Waals surface area contributed by atoms with E-state index in [9.17, 15) is 18.8 Å². The summed E-state index contributed by atoms with van der Waals surface area (Å²) in [7, 11) is 1.56. The summed E-state index contributed by atoms with van der Waals surface area (Å²) in [5, 5.41) is 5.63. The molecule has 3 amide bonds. The van der Waals surface area contributed by atoms with Gasteiger partial charge in [-0.05, 0) is 60.5 Å². The molecule has 1 saturated heterocycles. The van der Waals surface area contributed by atoms with Gasteiger partial charge in [-0.15, -0.1) is 0 Å². The fourth-order valence-corrected chi connectivity index (χ4v) is 3.98. The predicted octanol–water partition coefficient (Wildman–Crippen LogP) is 4.12. The number of benzene rings is 3. The predicted molar refractivity (Wildman–Crippen MR) is 131 cm³/mol. The van der Waals surface area contributed by atoms with Crippen molar-refractivity contribution in [1.29, 1.82) is 0 Å². The van der Waals surface area contributed by atoms with E-state index in [0.29, 0.717) is 42.2 Å². The maximum absolute atomic E-state index is 13.1.